The van der Waals surface area contributed by atoms with E-state index in [-0.39, 0.29) is 33.7 Å². The maximum absolute atomic E-state index is 12.4. The molecule has 27 heavy (non-hydrogen) atoms. The topological polar surface area (TPSA) is 117 Å². The number of carbonyl (C=O) groups excluding carboxylic acids is 1. The molecule has 0 radical (unpaired) electrons. The average Bonchev–Trinajstić information content (AvgIpc) is 2.53. The maximum atomic E-state index is 12.4. The van der Waals surface area contributed by atoms with E-state index < -0.39 is 10.8 Å². The summed E-state index contributed by atoms with van der Waals surface area (Å²) in [7, 11) is 1.34. The van der Waals surface area contributed by atoms with Crippen molar-refractivity contribution in [2.24, 2.45) is 5.41 Å². The molecule has 0 saturated heterocycles. The van der Waals surface area contributed by atoms with Crippen molar-refractivity contribution >= 4 is 17.3 Å². The summed E-state index contributed by atoms with van der Waals surface area (Å²) in [6.07, 6.45) is 2.21. The predicted molar refractivity (Wildman–Crippen MR) is 103 cm³/mol. The second kappa shape index (κ2) is 8.54. The van der Waals surface area contributed by atoms with Gasteiger partial charge in [0.05, 0.1) is 23.8 Å². The van der Waals surface area contributed by atoms with Gasteiger partial charge in [-0.3, -0.25) is 14.9 Å². The molecular formula is C19H26N4O4. The highest BCUT2D eigenvalue weighted by atomic mass is 16.6. The minimum absolute atomic E-state index is 0.0749. The van der Waals surface area contributed by atoms with Gasteiger partial charge in [0.25, 0.3) is 11.6 Å². The van der Waals surface area contributed by atoms with Crippen LogP contribution in [0.2, 0.25) is 0 Å². The number of nitrogens with one attached hydrogen (secondary N) is 2. The zero-order chi connectivity index (χ0) is 20.8. The molecule has 8 heteroatoms. The first-order chi connectivity index (χ1) is 12.4. The number of hydrogen-bond acceptors (Lipinski definition) is 6. The highest BCUT2D eigenvalue weighted by Crippen LogP contribution is 2.29. The third-order valence-corrected chi connectivity index (χ3v) is 3.59. The van der Waals surface area contributed by atoms with Crippen LogP contribution >= 0.6 is 0 Å². The number of carbonyl (C=O) groups is 1. The molecule has 0 heterocycles. The van der Waals surface area contributed by atoms with Crippen LogP contribution in [-0.2, 0) is 4.79 Å². The van der Waals surface area contributed by atoms with Crippen molar-refractivity contribution < 1.29 is 14.5 Å². The Labute approximate surface area is 159 Å². The van der Waals surface area contributed by atoms with Gasteiger partial charge in [-0.2, -0.15) is 5.26 Å². The first kappa shape index (κ1) is 22.0. The van der Waals surface area contributed by atoms with Crippen LogP contribution in [0.3, 0.4) is 0 Å². The Hall–Kier alpha value is -3.08. The Morgan fingerprint density at radius 3 is 2.44 bits per heavy atom. The van der Waals surface area contributed by atoms with Gasteiger partial charge in [0.1, 0.15) is 17.4 Å². The fraction of sp³-hybridized carbons (Fsp3) is 0.474. The lowest BCUT2D eigenvalue weighted by atomic mass is 9.82. The van der Waals surface area contributed by atoms with E-state index in [0.717, 1.165) is 6.42 Å². The van der Waals surface area contributed by atoms with Crippen LogP contribution in [0.15, 0.2) is 30.0 Å². The minimum Gasteiger partial charge on any atom is -0.494 e. The summed E-state index contributed by atoms with van der Waals surface area (Å²) in [5, 5.41) is 25.8. The number of nitro groups is 1. The van der Waals surface area contributed by atoms with Crippen molar-refractivity contribution in [2.45, 2.75) is 46.6 Å². The molecule has 0 bridgehead atoms. The van der Waals surface area contributed by atoms with Crippen LogP contribution in [0.5, 0.6) is 5.75 Å². The van der Waals surface area contributed by atoms with Gasteiger partial charge >= 0.3 is 0 Å². The molecule has 8 nitrogen and oxygen atoms in total. The summed E-state index contributed by atoms with van der Waals surface area (Å²) in [6.45, 7) is 10.3. The van der Waals surface area contributed by atoms with Gasteiger partial charge in [0.15, 0.2) is 0 Å². The second-order valence-corrected chi connectivity index (χ2v) is 8.03. The summed E-state index contributed by atoms with van der Waals surface area (Å²) >= 11 is 0. The molecule has 0 aliphatic rings. The average molecular weight is 374 g/mol. The van der Waals surface area contributed by atoms with Gasteiger partial charge < -0.3 is 15.4 Å². The number of nitro benzene ring substituents is 1. The van der Waals surface area contributed by atoms with E-state index >= 15 is 0 Å². The van der Waals surface area contributed by atoms with Crippen LogP contribution in [0.4, 0.5) is 11.4 Å². The molecule has 1 amide bonds. The molecule has 0 saturated carbocycles. The van der Waals surface area contributed by atoms with Crippen LogP contribution < -0.4 is 15.4 Å². The molecule has 0 fully saturated rings. The van der Waals surface area contributed by atoms with Gasteiger partial charge in [0, 0.05) is 17.8 Å². The summed E-state index contributed by atoms with van der Waals surface area (Å²) in [5.41, 5.74) is -0.274. The smallest absolute Gasteiger partial charge is 0.273 e. The predicted octanol–water partition coefficient (Wildman–Crippen LogP) is 3.75. The Morgan fingerprint density at radius 1 is 1.33 bits per heavy atom. The monoisotopic (exact) mass is 374 g/mol. The lowest BCUT2D eigenvalue weighted by Crippen LogP contribution is -2.39. The van der Waals surface area contributed by atoms with Crippen molar-refractivity contribution in [3.8, 4) is 11.8 Å². The van der Waals surface area contributed by atoms with Crippen molar-refractivity contribution in [1.29, 1.82) is 5.26 Å². The minimum atomic E-state index is -0.635. The third kappa shape index (κ3) is 6.98. The van der Waals surface area contributed by atoms with Gasteiger partial charge in [-0.05, 0) is 31.7 Å². The summed E-state index contributed by atoms with van der Waals surface area (Å²) in [5.74, 6) is -0.500. The fourth-order valence-electron chi connectivity index (χ4n) is 2.88. The van der Waals surface area contributed by atoms with Crippen molar-refractivity contribution in [3.63, 3.8) is 0 Å². The molecule has 0 aliphatic carbocycles. The number of benzene rings is 1. The molecule has 0 aliphatic heterocycles. The van der Waals surface area contributed by atoms with Crippen molar-refractivity contribution in [3.05, 3.63) is 40.1 Å². The normalized spacial score (nSPS) is 12.1. The second-order valence-electron chi connectivity index (χ2n) is 8.03. The van der Waals surface area contributed by atoms with E-state index in [1.54, 1.807) is 0 Å². The standard InChI is InChI=1S/C19H26N4O4/c1-18(2,3)12-19(4,5)21-11-13(10-20)17(24)22-15-8-7-14(23(25)26)9-16(15)27-6/h7-9,11,21H,12H2,1-6H3,(H,22,24)/b13-11-. The lowest BCUT2D eigenvalue weighted by molar-refractivity contribution is -0.384. The molecule has 0 unspecified atom stereocenters. The number of nitriles is 1. The molecule has 1 aromatic rings. The van der Waals surface area contributed by atoms with E-state index in [1.165, 1.54) is 31.5 Å². The van der Waals surface area contributed by atoms with Gasteiger partial charge in [-0.25, -0.2) is 0 Å². The molecule has 0 atom stereocenters. The maximum Gasteiger partial charge on any atom is 0.273 e. The van der Waals surface area contributed by atoms with Crippen molar-refractivity contribution in [1.82, 2.24) is 5.32 Å². The number of non-ortho nitro benzene ring substituents is 1. The number of hydrogen-bond donors (Lipinski definition) is 2. The number of ether oxygens (including phenoxy) is 1. The number of nitrogens with zero attached hydrogens (tertiary/aromatic N) is 2. The lowest BCUT2D eigenvalue weighted by Gasteiger charge is -2.33. The van der Waals surface area contributed by atoms with E-state index in [9.17, 15) is 20.2 Å². The molecule has 2 N–H and O–H groups in total. The Morgan fingerprint density at radius 2 is 1.96 bits per heavy atom. The van der Waals surface area contributed by atoms with Gasteiger partial charge in [-0.1, -0.05) is 20.8 Å². The highest BCUT2D eigenvalue weighted by molar-refractivity contribution is 6.07. The van der Waals surface area contributed by atoms with Crippen LogP contribution in [0.25, 0.3) is 0 Å². The number of rotatable bonds is 7. The Kier molecular flexibility index (Phi) is 6.94. The molecule has 0 aromatic heterocycles. The zero-order valence-electron chi connectivity index (χ0n) is 16.5. The van der Waals surface area contributed by atoms with Crippen molar-refractivity contribution in [2.75, 3.05) is 12.4 Å². The van der Waals surface area contributed by atoms with Crippen LogP contribution in [-0.4, -0.2) is 23.5 Å². The van der Waals surface area contributed by atoms with E-state index in [0.29, 0.717) is 0 Å². The van der Waals surface area contributed by atoms with Crippen LogP contribution in [0, 0.1) is 26.9 Å². The molecule has 0 spiro atoms. The molecular weight excluding hydrogens is 348 g/mol. The molecule has 146 valence electrons. The summed E-state index contributed by atoms with van der Waals surface area (Å²) < 4.78 is 5.08. The molecule has 1 rings (SSSR count). The fourth-order valence-corrected chi connectivity index (χ4v) is 2.88. The first-order valence-corrected chi connectivity index (χ1v) is 8.40. The Bertz CT molecular complexity index is 786. The Balaban J connectivity index is 2.97. The third-order valence-electron chi connectivity index (χ3n) is 3.59. The van der Waals surface area contributed by atoms with E-state index in [2.05, 4.69) is 31.4 Å². The first-order valence-electron chi connectivity index (χ1n) is 8.40. The van der Waals surface area contributed by atoms with Gasteiger partial charge in [-0.15, -0.1) is 0 Å². The number of amides is 1. The quantitative estimate of drug-likeness (QED) is 0.325. The summed E-state index contributed by atoms with van der Waals surface area (Å²) in [6, 6.07) is 5.68. The van der Waals surface area contributed by atoms with E-state index in [1.807, 2.05) is 19.9 Å². The number of methoxy groups -OCH3 is 1. The summed E-state index contributed by atoms with van der Waals surface area (Å²) in [4.78, 5) is 22.7. The zero-order valence-corrected chi connectivity index (χ0v) is 16.5. The van der Waals surface area contributed by atoms with Gasteiger partial charge in [0.2, 0.25) is 0 Å². The SMILES string of the molecule is COc1cc([N+](=O)[O-])ccc1NC(=O)/C(C#N)=C\NC(C)(C)CC(C)(C)C. The number of anilines is 1. The van der Waals surface area contributed by atoms with E-state index in [4.69, 9.17) is 4.74 Å². The molecule has 1 aromatic carbocycles. The highest BCUT2D eigenvalue weighted by Gasteiger charge is 2.25. The largest absolute Gasteiger partial charge is 0.494 e. The van der Waals surface area contributed by atoms with Crippen LogP contribution in [0.1, 0.15) is 41.0 Å².